The van der Waals surface area contributed by atoms with E-state index in [1.165, 1.54) is 12.1 Å². The van der Waals surface area contributed by atoms with Gasteiger partial charge in [-0.05, 0) is 37.0 Å². The average Bonchev–Trinajstić information content (AvgIpc) is 2.93. The van der Waals surface area contributed by atoms with Gasteiger partial charge in [0.05, 0.1) is 12.0 Å². The molecule has 0 bridgehead atoms. The predicted molar refractivity (Wildman–Crippen MR) is 81.3 cm³/mol. The van der Waals surface area contributed by atoms with E-state index in [2.05, 4.69) is 0 Å². The number of likely N-dealkylation sites (tertiary alicyclic amines) is 1. The standard InChI is InChI=1S/C17H20F3NO3/c1-11(9-12-4-6-13(7-5-12)17(18,19)20)16(24)21-8-2-3-14(21)10-15(22)23/h4-7,11,14H,2-3,8-10H2,1H3,(H,22,23). The van der Waals surface area contributed by atoms with Gasteiger partial charge < -0.3 is 10.0 Å². The molecule has 0 aromatic heterocycles. The molecule has 4 nitrogen and oxygen atoms in total. The Balaban J connectivity index is 1.99. The van der Waals surface area contributed by atoms with Gasteiger partial charge in [0.2, 0.25) is 5.91 Å². The van der Waals surface area contributed by atoms with Gasteiger partial charge in [-0.25, -0.2) is 0 Å². The highest BCUT2D eigenvalue weighted by Crippen LogP contribution is 2.29. The van der Waals surface area contributed by atoms with Gasteiger partial charge in [0.1, 0.15) is 0 Å². The number of hydrogen-bond acceptors (Lipinski definition) is 2. The molecule has 2 unspecified atom stereocenters. The van der Waals surface area contributed by atoms with E-state index in [1.807, 2.05) is 0 Å². The molecule has 0 saturated carbocycles. The number of amides is 1. The van der Waals surface area contributed by atoms with E-state index in [4.69, 9.17) is 5.11 Å². The maximum atomic E-state index is 12.6. The first kappa shape index (κ1) is 18.3. The second kappa shape index (κ2) is 7.23. The van der Waals surface area contributed by atoms with Gasteiger partial charge in [-0.2, -0.15) is 13.2 Å². The number of rotatable bonds is 5. The highest BCUT2D eigenvalue weighted by atomic mass is 19.4. The van der Waals surface area contributed by atoms with Crippen LogP contribution in [-0.2, 0) is 22.2 Å². The lowest BCUT2D eigenvalue weighted by Gasteiger charge is -2.26. The summed E-state index contributed by atoms with van der Waals surface area (Å²) in [4.78, 5) is 25.0. The molecule has 0 spiro atoms. The van der Waals surface area contributed by atoms with Crippen LogP contribution >= 0.6 is 0 Å². The average molecular weight is 343 g/mol. The number of alkyl halides is 3. The number of carbonyl (C=O) groups excluding carboxylic acids is 1. The zero-order valence-corrected chi connectivity index (χ0v) is 13.3. The van der Waals surface area contributed by atoms with Crippen molar-refractivity contribution in [2.24, 2.45) is 5.92 Å². The molecule has 1 saturated heterocycles. The van der Waals surface area contributed by atoms with Gasteiger partial charge in [0.25, 0.3) is 0 Å². The second-order valence-corrected chi connectivity index (χ2v) is 6.23. The molecule has 1 amide bonds. The van der Waals surface area contributed by atoms with Gasteiger partial charge in [-0.3, -0.25) is 9.59 Å². The van der Waals surface area contributed by atoms with Crippen molar-refractivity contribution in [2.75, 3.05) is 6.54 Å². The zero-order chi connectivity index (χ0) is 17.9. The van der Waals surface area contributed by atoms with Crippen LogP contribution in [0.15, 0.2) is 24.3 Å². The third-order valence-electron chi connectivity index (χ3n) is 4.32. The largest absolute Gasteiger partial charge is 0.481 e. The number of carboxylic acids is 1. The van der Waals surface area contributed by atoms with Crippen LogP contribution in [-0.4, -0.2) is 34.5 Å². The number of carbonyl (C=O) groups is 2. The van der Waals surface area contributed by atoms with Crippen molar-refractivity contribution >= 4 is 11.9 Å². The number of halogens is 3. The summed E-state index contributed by atoms with van der Waals surface area (Å²) in [6.07, 6.45) is -2.67. The van der Waals surface area contributed by atoms with Crippen molar-refractivity contribution in [1.82, 2.24) is 4.90 Å². The first-order valence-electron chi connectivity index (χ1n) is 7.87. The lowest BCUT2D eigenvalue weighted by Crippen LogP contribution is -2.40. The lowest BCUT2D eigenvalue weighted by molar-refractivity contribution is -0.141. The first-order chi connectivity index (χ1) is 11.2. The van der Waals surface area contributed by atoms with Crippen LogP contribution in [0.1, 0.15) is 37.3 Å². The molecule has 0 radical (unpaired) electrons. The van der Waals surface area contributed by atoms with Crippen LogP contribution < -0.4 is 0 Å². The SMILES string of the molecule is CC(Cc1ccc(C(F)(F)F)cc1)C(=O)N1CCCC1CC(=O)O. The minimum Gasteiger partial charge on any atom is -0.481 e. The lowest BCUT2D eigenvalue weighted by atomic mass is 9.98. The quantitative estimate of drug-likeness (QED) is 0.892. The van der Waals surface area contributed by atoms with Gasteiger partial charge >= 0.3 is 12.1 Å². The molecule has 1 fully saturated rings. The third-order valence-corrected chi connectivity index (χ3v) is 4.32. The number of benzene rings is 1. The van der Waals surface area contributed by atoms with E-state index in [0.717, 1.165) is 18.6 Å². The molecule has 1 aromatic carbocycles. The summed E-state index contributed by atoms with van der Waals surface area (Å²) < 4.78 is 37.7. The van der Waals surface area contributed by atoms with Crippen LogP contribution in [0.5, 0.6) is 0 Å². The molecule has 132 valence electrons. The van der Waals surface area contributed by atoms with E-state index >= 15 is 0 Å². The highest BCUT2D eigenvalue weighted by Gasteiger charge is 2.33. The van der Waals surface area contributed by atoms with E-state index in [-0.39, 0.29) is 18.4 Å². The zero-order valence-electron chi connectivity index (χ0n) is 13.3. The minimum atomic E-state index is -4.38. The Hall–Kier alpha value is -2.05. The van der Waals surface area contributed by atoms with Crippen molar-refractivity contribution < 1.29 is 27.9 Å². The molecule has 1 aliphatic rings. The second-order valence-electron chi connectivity index (χ2n) is 6.23. The van der Waals surface area contributed by atoms with Crippen LogP contribution in [0.3, 0.4) is 0 Å². The molecule has 2 rings (SSSR count). The van der Waals surface area contributed by atoms with Crippen molar-refractivity contribution in [3.8, 4) is 0 Å². The monoisotopic (exact) mass is 343 g/mol. The molecule has 0 aliphatic carbocycles. The van der Waals surface area contributed by atoms with Gasteiger partial charge in [0.15, 0.2) is 0 Å². The number of nitrogens with zero attached hydrogens (tertiary/aromatic N) is 1. The van der Waals surface area contributed by atoms with Crippen molar-refractivity contribution in [1.29, 1.82) is 0 Å². The van der Waals surface area contributed by atoms with Crippen LogP contribution in [0.4, 0.5) is 13.2 Å². The molecule has 2 atom stereocenters. The summed E-state index contributed by atoms with van der Waals surface area (Å²) in [6, 6.07) is 4.49. The van der Waals surface area contributed by atoms with Crippen molar-refractivity contribution in [3.63, 3.8) is 0 Å². The molecule has 7 heteroatoms. The molecule has 1 N–H and O–H groups in total. The maximum Gasteiger partial charge on any atom is 0.416 e. The Bertz CT molecular complexity index is 598. The summed E-state index contributed by atoms with van der Waals surface area (Å²) in [5.41, 5.74) is -0.0656. The molecule has 1 heterocycles. The third kappa shape index (κ3) is 4.49. The Labute approximate surface area is 138 Å². The summed E-state index contributed by atoms with van der Waals surface area (Å²) in [5, 5.41) is 8.91. The first-order valence-corrected chi connectivity index (χ1v) is 7.87. The summed E-state index contributed by atoms with van der Waals surface area (Å²) in [6.45, 7) is 2.25. The fourth-order valence-corrected chi connectivity index (χ4v) is 3.09. The number of hydrogen-bond donors (Lipinski definition) is 1. The fraction of sp³-hybridized carbons (Fsp3) is 0.529. The maximum absolute atomic E-state index is 12.6. The molecular weight excluding hydrogens is 323 g/mol. The smallest absolute Gasteiger partial charge is 0.416 e. The van der Waals surface area contributed by atoms with Gasteiger partial charge in [0, 0.05) is 18.5 Å². The Kier molecular flexibility index (Phi) is 5.51. The highest BCUT2D eigenvalue weighted by molar-refractivity contribution is 5.80. The predicted octanol–water partition coefficient (Wildman–Crippen LogP) is 3.35. The number of aliphatic carboxylic acids is 1. The molecule has 1 aliphatic heterocycles. The van der Waals surface area contributed by atoms with Crippen LogP contribution in [0.25, 0.3) is 0 Å². The Morgan fingerprint density at radius 3 is 2.46 bits per heavy atom. The van der Waals surface area contributed by atoms with Crippen molar-refractivity contribution in [2.45, 2.75) is 44.8 Å². The summed E-state index contributed by atoms with van der Waals surface area (Å²) >= 11 is 0. The minimum absolute atomic E-state index is 0.0707. The Morgan fingerprint density at radius 1 is 1.29 bits per heavy atom. The van der Waals surface area contributed by atoms with E-state index in [9.17, 15) is 22.8 Å². The summed E-state index contributed by atoms with van der Waals surface area (Å²) in [5.74, 6) is -1.48. The van der Waals surface area contributed by atoms with Crippen molar-refractivity contribution in [3.05, 3.63) is 35.4 Å². The molecule has 24 heavy (non-hydrogen) atoms. The number of carboxylic acid groups (broad SMARTS) is 1. The van der Waals surface area contributed by atoms with E-state index < -0.39 is 23.6 Å². The molecular formula is C17H20F3NO3. The fourth-order valence-electron chi connectivity index (χ4n) is 3.09. The normalized spacial score (nSPS) is 19.3. The van der Waals surface area contributed by atoms with Crippen LogP contribution in [0.2, 0.25) is 0 Å². The Morgan fingerprint density at radius 2 is 1.92 bits per heavy atom. The van der Waals surface area contributed by atoms with Gasteiger partial charge in [-0.1, -0.05) is 19.1 Å². The van der Waals surface area contributed by atoms with Crippen LogP contribution in [0, 0.1) is 5.92 Å². The summed E-state index contributed by atoms with van der Waals surface area (Å²) in [7, 11) is 0. The van der Waals surface area contributed by atoms with E-state index in [1.54, 1.807) is 11.8 Å². The topological polar surface area (TPSA) is 57.6 Å². The van der Waals surface area contributed by atoms with E-state index in [0.29, 0.717) is 24.9 Å². The molecule has 1 aromatic rings. The van der Waals surface area contributed by atoms with Gasteiger partial charge in [-0.15, -0.1) is 0 Å².